The van der Waals surface area contributed by atoms with E-state index >= 15 is 0 Å². The van der Waals surface area contributed by atoms with Crippen LogP contribution < -0.4 is 5.32 Å². The summed E-state index contributed by atoms with van der Waals surface area (Å²) in [7, 11) is 1.75. The van der Waals surface area contributed by atoms with Gasteiger partial charge in [0.15, 0.2) is 0 Å². The molecule has 1 aliphatic rings. The minimum atomic E-state index is 0.488. The molecule has 5 heteroatoms. The van der Waals surface area contributed by atoms with Crippen LogP contribution in [0.5, 0.6) is 0 Å². The van der Waals surface area contributed by atoms with Crippen LogP contribution in [0.2, 0.25) is 0 Å². The molecule has 2 rings (SSSR count). The van der Waals surface area contributed by atoms with Gasteiger partial charge in [0.2, 0.25) is 0 Å². The molecule has 1 fully saturated rings. The SMILES string of the molecule is COCC(NCc1csnn1)C1CC1. The van der Waals surface area contributed by atoms with E-state index in [9.17, 15) is 0 Å². The van der Waals surface area contributed by atoms with Crippen molar-refractivity contribution in [1.82, 2.24) is 14.9 Å². The molecule has 0 radical (unpaired) electrons. The zero-order valence-corrected chi connectivity index (χ0v) is 9.09. The van der Waals surface area contributed by atoms with E-state index in [0.29, 0.717) is 6.04 Å². The van der Waals surface area contributed by atoms with Gasteiger partial charge in [0.25, 0.3) is 0 Å². The molecule has 1 N–H and O–H groups in total. The molecule has 0 spiro atoms. The fraction of sp³-hybridized carbons (Fsp3) is 0.778. The molecule has 1 aromatic heterocycles. The second kappa shape index (κ2) is 4.82. The van der Waals surface area contributed by atoms with E-state index in [0.717, 1.165) is 24.8 Å². The summed E-state index contributed by atoms with van der Waals surface area (Å²) in [5, 5.41) is 9.43. The first kappa shape index (κ1) is 10.0. The summed E-state index contributed by atoms with van der Waals surface area (Å²) in [6.45, 7) is 1.60. The molecule has 0 amide bonds. The molecular formula is C9H15N3OS. The van der Waals surface area contributed by atoms with Crippen LogP contribution in [0.1, 0.15) is 18.5 Å². The average Bonchev–Trinajstić information content (AvgIpc) is 2.90. The molecule has 4 nitrogen and oxygen atoms in total. The van der Waals surface area contributed by atoms with Crippen LogP contribution in [0.3, 0.4) is 0 Å². The number of nitrogens with one attached hydrogen (secondary N) is 1. The summed E-state index contributed by atoms with van der Waals surface area (Å²) in [6.07, 6.45) is 2.66. The maximum atomic E-state index is 5.18. The molecule has 78 valence electrons. The van der Waals surface area contributed by atoms with Crippen molar-refractivity contribution < 1.29 is 4.74 Å². The zero-order valence-electron chi connectivity index (χ0n) is 8.27. The van der Waals surface area contributed by atoms with Gasteiger partial charge in [0.1, 0.15) is 0 Å². The van der Waals surface area contributed by atoms with Crippen LogP contribution in [-0.2, 0) is 11.3 Å². The molecule has 0 bridgehead atoms. The van der Waals surface area contributed by atoms with E-state index in [1.165, 1.54) is 24.4 Å². The number of nitrogens with zero attached hydrogens (tertiary/aromatic N) is 2. The summed E-state index contributed by atoms with van der Waals surface area (Å²) in [4.78, 5) is 0. The minimum absolute atomic E-state index is 0.488. The molecule has 0 saturated heterocycles. The zero-order chi connectivity index (χ0) is 9.80. The van der Waals surface area contributed by atoms with Gasteiger partial charge in [-0.05, 0) is 30.3 Å². The van der Waals surface area contributed by atoms with Crippen LogP contribution in [-0.4, -0.2) is 29.3 Å². The summed E-state index contributed by atoms with van der Waals surface area (Å²) in [5.41, 5.74) is 1.02. The molecule has 1 unspecified atom stereocenters. The Hall–Kier alpha value is -0.520. The Morgan fingerprint density at radius 3 is 3.14 bits per heavy atom. The van der Waals surface area contributed by atoms with Crippen molar-refractivity contribution in [2.75, 3.05) is 13.7 Å². The van der Waals surface area contributed by atoms with Gasteiger partial charge in [0, 0.05) is 25.1 Å². The molecule has 1 heterocycles. The van der Waals surface area contributed by atoms with Gasteiger partial charge in [-0.1, -0.05) is 4.49 Å². The minimum Gasteiger partial charge on any atom is -0.383 e. The molecule has 1 saturated carbocycles. The van der Waals surface area contributed by atoms with Crippen molar-refractivity contribution in [3.8, 4) is 0 Å². The summed E-state index contributed by atoms with van der Waals surface area (Å²) in [6, 6.07) is 0.488. The second-order valence-corrected chi connectivity index (χ2v) is 4.29. The van der Waals surface area contributed by atoms with E-state index in [1.807, 2.05) is 5.38 Å². The predicted octanol–water partition coefficient (Wildman–Crippen LogP) is 1.05. The third kappa shape index (κ3) is 2.73. The van der Waals surface area contributed by atoms with Crippen molar-refractivity contribution in [2.24, 2.45) is 5.92 Å². The predicted molar refractivity (Wildman–Crippen MR) is 55.1 cm³/mol. The van der Waals surface area contributed by atoms with Gasteiger partial charge in [0.05, 0.1) is 12.3 Å². The Morgan fingerprint density at radius 1 is 1.71 bits per heavy atom. The number of aromatic nitrogens is 2. The van der Waals surface area contributed by atoms with E-state index in [4.69, 9.17) is 4.74 Å². The topological polar surface area (TPSA) is 47.0 Å². The molecule has 1 atom stereocenters. The van der Waals surface area contributed by atoms with Gasteiger partial charge in [-0.2, -0.15) is 0 Å². The first-order chi connectivity index (χ1) is 6.90. The second-order valence-electron chi connectivity index (χ2n) is 3.68. The number of rotatable bonds is 6. The van der Waals surface area contributed by atoms with Gasteiger partial charge in [-0.25, -0.2) is 0 Å². The quantitative estimate of drug-likeness (QED) is 0.767. The lowest BCUT2D eigenvalue weighted by Crippen LogP contribution is -2.34. The number of methoxy groups -OCH3 is 1. The first-order valence-corrected chi connectivity index (χ1v) is 5.72. The Balaban J connectivity index is 1.76. The summed E-state index contributed by atoms with van der Waals surface area (Å²) >= 11 is 1.40. The van der Waals surface area contributed by atoms with Crippen LogP contribution in [0.15, 0.2) is 5.38 Å². The van der Waals surface area contributed by atoms with E-state index in [1.54, 1.807) is 7.11 Å². The molecule has 0 aromatic carbocycles. The smallest absolute Gasteiger partial charge is 0.0893 e. The standard InChI is InChI=1S/C9H15N3OS/c1-13-5-9(7-2-3-7)10-4-8-6-14-12-11-8/h6-7,9-10H,2-5H2,1H3. The van der Waals surface area contributed by atoms with Crippen molar-refractivity contribution >= 4 is 11.5 Å². The lowest BCUT2D eigenvalue weighted by atomic mass is 10.2. The fourth-order valence-electron chi connectivity index (χ4n) is 1.54. The maximum Gasteiger partial charge on any atom is 0.0893 e. The normalized spacial score (nSPS) is 18.4. The highest BCUT2D eigenvalue weighted by atomic mass is 32.1. The molecule has 1 aliphatic carbocycles. The first-order valence-electron chi connectivity index (χ1n) is 4.88. The third-order valence-corrected chi connectivity index (χ3v) is 3.04. The van der Waals surface area contributed by atoms with Gasteiger partial charge in [-0.3, -0.25) is 0 Å². The largest absolute Gasteiger partial charge is 0.383 e. The van der Waals surface area contributed by atoms with Gasteiger partial charge >= 0.3 is 0 Å². The third-order valence-electron chi connectivity index (χ3n) is 2.49. The highest BCUT2D eigenvalue weighted by molar-refractivity contribution is 7.03. The molecule has 1 aromatic rings. The van der Waals surface area contributed by atoms with Crippen LogP contribution in [0, 0.1) is 5.92 Å². The highest BCUT2D eigenvalue weighted by Gasteiger charge is 2.30. The Morgan fingerprint density at radius 2 is 2.57 bits per heavy atom. The molecule has 0 aliphatic heterocycles. The fourth-order valence-corrected chi connectivity index (χ4v) is 1.99. The van der Waals surface area contributed by atoms with E-state index < -0.39 is 0 Å². The Bertz CT molecular complexity index is 261. The van der Waals surface area contributed by atoms with Crippen LogP contribution >= 0.6 is 11.5 Å². The van der Waals surface area contributed by atoms with E-state index in [-0.39, 0.29) is 0 Å². The van der Waals surface area contributed by atoms with Gasteiger partial charge in [-0.15, -0.1) is 5.10 Å². The monoisotopic (exact) mass is 213 g/mol. The van der Waals surface area contributed by atoms with Crippen molar-refractivity contribution in [3.63, 3.8) is 0 Å². The van der Waals surface area contributed by atoms with Crippen LogP contribution in [0.25, 0.3) is 0 Å². The summed E-state index contributed by atoms with van der Waals surface area (Å²) in [5.74, 6) is 0.807. The number of ether oxygens (including phenoxy) is 1. The number of hydrogen-bond donors (Lipinski definition) is 1. The maximum absolute atomic E-state index is 5.18. The van der Waals surface area contributed by atoms with Crippen molar-refractivity contribution in [3.05, 3.63) is 11.1 Å². The number of hydrogen-bond acceptors (Lipinski definition) is 5. The Kier molecular flexibility index (Phi) is 3.44. The average molecular weight is 213 g/mol. The lowest BCUT2D eigenvalue weighted by molar-refractivity contribution is 0.157. The van der Waals surface area contributed by atoms with E-state index in [2.05, 4.69) is 14.9 Å². The highest BCUT2D eigenvalue weighted by Crippen LogP contribution is 2.32. The van der Waals surface area contributed by atoms with Gasteiger partial charge < -0.3 is 10.1 Å². The molecular weight excluding hydrogens is 198 g/mol. The molecule has 14 heavy (non-hydrogen) atoms. The van der Waals surface area contributed by atoms with Crippen molar-refractivity contribution in [2.45, 2.75) is 25.4 Å². The van der Waals surface area contributed by atoms with Crippen LogP contribution in [0.4, 0.5) is 0 Å². The van der Waals surface area contributed by atoms with Crippen molar-refractivity contribution in [1.29, 1.82) is 0 Å². The lowest BCUT2D eigenvalue weighted by Gasteiger charge is -2.15. The Labute approximate surface area is 87.8 Å². The summed E-state index contributed by atoms with van der Waals surface area (Å²) < 4.78 is 9.01.